The summed E-state index contributed by atoms with van der Waals surface area (Å²) in [7, 11) is 0. The maximum atomic E-state index is 6.69. The molecule has 0 aliphatic carbocycles. The summed E-state index contributed by atoms with van der Waals surface area (Å²) >= 11 is 12.7. The van der Waals surface area contributed by atoms with E-state index in [1.54, 1.807) is 0 Å². The average Bonchev–Trinajstić information content (AvgIpc) is 3.30. The lowest BCUT2D eigenvalue weighted by Crippen LogP contribution is -2.31. The molecule has 5 rings (SSSR count). The van der Waals surface area contributed by atoms with Gasteiger partial charge in [-0.25, -0.2) is 0 Å². The third kappa shape index (κ3) is 3.62. The van der Waals surface area contributed by atoms with E-state index in [-0.39, 0.29) is 11.5 Å². The van der Waals surface area contributed by atoms with E-state index in [1.807, 2.05) is 12.1 Å². The van der Waals surface area contributed by atoms with E-state index in [1.165, 1.54) is 50.2 Å². The van der Waals surface area contributed by atoms with Crippen molar-refractivity contribution in [3.63, 3.8) is 0 Å². The van der Waals surface area contributed by atoms with Gasteiger partial charge >= 0.3 is 0 Å². The predicted molar refractivity (Wildman–Crippen MR) is 144 cm³/mol. The zero-order chi connectivity index (χ0) is 24.5. The van der Waals surface area contributed by atoms with Crippen molar-refractivity contribution in [2.75, 3.05) is 4.90 Å². The van der Waals surface area contributed by atoms with Gasteiger partial charge in [-0.3, -0.25) is 0 Å². The molecular weight excluding hydrogens is 461 g/mol. The first-order valence-electron chi connectivity index (χ1n) is 12.1. The van der Waals surface area contributed by atoms with Crippen LogP contribution in [0.5, 0.6) is 5.75 Å². The van der Waals surface area contributed by atoms with Gasteiger partial charge in [0.2, 0.25) is 0 Å². The molecule has 0 saturated heterocycles. The number of hydrogen-bond donors (Lipinski definition) is 0. The second-order valence-corrected chi connectivity index (χ2v) is 11.6. The SMILES string of the molecule is Cc1c(C)c(N2Cc3cc(Cl)c(Cl)cc3C2)c(C)c2c1OC(C)(C)C2c1ccc(C(C)C)cc1. The second kappa shape index (κ2) is 8.21. The summed E-state index contributed by atoms with van der Waals surface area (Å²) in [5.74, 6) is 1.76. The van der Waals surface area contributed by atoms with Gasteiger partial charge in [0.05, 0.1) is 16.0 Å². The molecule has 0 N–H and O–H groups in total. The Labute approximate surface area is 213 Å². The standard InChI is InChI=1S/C30H33Cl2NO/c1-16(2)20-8-10-21(11-9-20)27-26-19(5)28(17(3)18(4)29(26)34-30(27,6)7)33-14-22-12-24(31)25(32)13-23(22)15-33/h8-13,16,27H,14-15H2,1-7H3. The Hall–Kier alpha value is -2.16. The molecule has 4 heteroatoms. The van der Waals surface area contributed by atoms with Crippen LogP contribution < -0.4 is 9.64 Å². The monoisotopic (exact) mass is 493 g/mol. The zero-order valence-electron chi connectivity index (χ0n) is 21.1. The number of nitrogens with zero attached hydrogens (tertiary/aromatic N) is 1. The van der Waals surface area contributed by atoms with E-state index in [0.29, 0.717) is 16.0 Å². The molecule has 0 radical (unpaired) electrons. The highest BCUT2D eigenvalue weighted by Crippen LogP contribution is 2.54. The molecule has 0 saturated carbocycles. The lowest BCUT2D eigenvalue weighted by molar-refractivity contribution is 0.121. The fourth-order valence-electron chi connectivity index (χ4n) is 5.94. The van der Waals surface area contributed by atoms with Gasteiger partial charge in [0.25, 0.3) is 0 Å². The average molecular weight is 495 g/mol. The summed E-state index contributed by atoms with van der Waals surface area (Å²) in [6, 6.07) is 13.2. The normalized spacial score (nSPS) is 18.3. The smallest absolute Gasteiger partial charge is 0.127 e. The molecule has 2 nitrogen and oxygen atoms in total. The summed E-state index contributed by atoms with van der Waals surface area (Å²) in [4.78, 5) is 2.47. The molecule has 1 atom stereocenters. The molecule has 0 bridgehead atoms. The molecule has 2 heterocycles. The van der Waals surface area contributed by atoms with Gasteiger partial charge in [0, 0.05) is 24.3 Å². The lowest BCUT2D eigenvalue weighted by Gasteiger charge is -2.29. The van der Waals surface area contributed by atoms with Crippen molar-refractivity contribution in [2.45, 2.75) is 79.0 Å². The van der Waals surface area contributed by atoms with Crippen LogP contribution in [0.15, 0.2) is 36.4 Å². The Bertz CT molecular complexity index is 1260. The first-order valence-corrected chi connectivity index (χ1v) is 12.9. The first-order chi connectivity index (χ1) is 16.0. The number of hydrogen-bond acceptors (Lipinski definition) is 2. The van der Waals surface area contributed by atoms with Gasteiger partial charge in [-0.1, -0.05) is 61.3 Å². The Morgan fingerprint density at radius 3 is 1.97 bits per heavy atom. The van der Waals surface area contributed by atoms with Crippen molar-refractivity contribution in [3.8, 4) is 5.75 Å². The van der Waals surface area contributed by atoms with Crippen molar-refractivity contribution in [2.24, 2.45) is 0 Å². The third-order valence-corrected chi connectivity index (χ3v) is 8.55. The molecule has 34 heavy (non-hydrogen) atoms. The molecule has 3 aromatic rings. The van der Waals surface area contributed by atoms with Gasteiger partial charge in [0.15, 0.2) is 0 Å². The highest BCUT2D eigenvalue weighted by atomic mass is 35.5. The zero-order valence-corrected chi connectivity index (χ0v) is 22.7. The number of benzene rings is 3. The van der Waals surface area contributed by atoms with Crippen molar-refractivity contribution in [3.05, 3.63) is 91.0 Å². The Kier molecular flexibility index (Phi) is 5.69. The number of fused-ring (bicyclic) bond motifs is 2. The van der Waals surface area contributed by atoms with Crippen molar-refractivity contribution in [1.82, 2.24) is 0 Å². The van der Waals surface area contributed by atoms with Gasteiger partial charge in [0.1, 0.15) is 11.4 Å². The quantitative estimate of drug-likeness (QED) is 0.361. The maximum Gasteiger partial charge on any atom is 0.127 e. The van der Waals surface area contributed by atoms with Crippen molar-refractivity contribution < 1.29 is 4.74 Å². The van der Waals surface area contributed by atoms with Gasteiger partial charge in [-0.05, 0) is 91.6 Å². The van der Waals surface area contributed by atoms with Gasteiger partial charge in [-0.2, -0.15) is 0 Å². The van der Waals surface area contributed by atoms with Crippen LogP contribution in [0.1, 0.15) is 84.0 Å². The van der Waals surface area contributed by atoms with Crippen LogP contribution in [0.3, 0.4) is 0 Å². The number of ether oxygens (including phenoxy) is 1. The van der Waals surface area contributed by atoms with E-state index in [9.17, 15) is 0 Å². The summed E-state index contributed by atoms with van der Waals surface area (Å²) in [6.45, 7) is 17.3. The fourth-order valence-corrected chi connectivity index (χ4v) is 6.31. The number of anilines is 1. The van der Waals surface area contributed by atoms with E-state index in [4.69, 9.17) is 27.9 Å². The lowest BCUT2D eigenvalue weighted by atomic mass is 9.78. The minimum Gasteiger partial charge on any atom is -0.486 e. The van der Waals surface area contributed by atoms with Crippen LogP contribution in [0.4, 0.5) is 5.69 Å². The highest BCUT2D eigenvalue weighted by molar-refractivity contribution is 6.42. The van der Waals surface area contributed by atoms with E-state index in [2.05, 4.69) is 77.6 Å². The molecule has 178 valence electrons. The summed E-state index contributed by atoms with van der Waals surface area (Å²) in [6.07, 6.45) is 0. The number of halogens is 2. The molecule has 0 spiro atoms. The Balaban J connectivity index is 1.63. The summed E-state index contributed by atoms with van der Waals surface area (Å²) in [5, 5.41) is 1.25. The van der Waals surface area contributed by atoms with Gasteiger partial charge in [-0.15, -0.1) is 0 Å². The topological polar surface area (TPSA) is 12.5 Å². The molecule has 1 unspecified atom stereocenters. The predicted octanol–water partition coefficient (Wildman–Crippen LogP) is 8.87. The summed E-state index contributed by atoms with van der Waals surface area (Å²) < 4.78 is 6.69. The van der Waals surface area contributed by atoms with Crippen LogP contribution in [-0.2, 0) is 13.1 Å². The maximum absolute atomic E-state index is 6.69. The first kappa shape index (κ1) is 23.6. The van der Waals surface area contributed by atoms with Crippen LogP contribution in [-0.4, -0.2) is 5.60 Å². The molecule has 0 amide bonds. The van der Waals surface area contributed by atoms with Crippen molar-refractivity contribution in [1.29, 1.82) is 0 Å². The van der Waals surface area contributed by atoms with E-state index < -0.39 is 0 Å². The molecule has 0 aromatic heterocycles. The third-order valence-electron chi connectivity index (χ3n) is 7.83. The van der Waals surface area contributed by atoms with Crippen LogP contribution in [0.2, 0.25) is 10.0 Å². The van der Waals surface area contributed by atoms with E-state index >= 15 is 0 Å². The Morgan fingerprint density at radius 1 is 0.882 bits per heavy atom. The highest BCUT2D eigenvalue weighted by Gasteiger charge is 2.45. The minimum atomic E-state index is -0.322. The Morgan fingerprint density at radius 2 is 1.44 bits per heavy atom. The second-order valence-electron chi connectivity index (χ2n) is 10.8. The molecule has 2 aliphatic heterocycles. The fraction of sp³-hybridized carbons (Fsp3) is 0.400. The summed E-state index contributed by atoms with van der Waals surface area (Å²) in [5.41, 5.74) is 11.3. The molecule has 2 aliphatic rings. The molecule has 0 fully saturated rings. The van der Waals surface area contributed by atoms with Crippen molar-refractivity contribution >= 4 is 28.9 Å². The van der Waals surface area contributed by atoms with E-state index in [0.717, 1.165) is 18.8 Å². The van der Waals surface area contributed by atoms with Crippen LogP contribution in [0.25, 0.3) is 0 Å². The minimum absolute atomic E-state index is 0.177. The van der Waals surface area contributed by atoms with Gasteiger partial charge < -0.3 is 9.64 Å². The van der Waals surface area contributed by atoms with Crippen LogP contribution in [0, 0.1) is 20.8 Å². The largest absolute Gasteiger partial charge is 0.486 e. The van der Waals surface area contributed by atoms with Crippen LogP contribution >= 0.6 is 23.2 Å². The molecule has 3 aromatic carbocycles. The number of rotatable bonds is 3. The molecular formula is C30H33Cl2NO.